The van der Waals surface area contributed by atoms with E-state index in [9.17, 15) is 33.7 Å². The molecule has 3 N–H and O–H groups in total. The maximum absolute atomic E-state index is 13.8. The number of hydrogen-bond donors (Lipinski definition) is 3. The summed E-state index contributed by atoms with van der Waals surface area (Å²) in [4.78, 5) is 29.2. The molecule has 0 aromatic heterocycles. The zero-order valence-corrected chi connectivity index (χ0v) is 22.7. The second-order valence-corrected chi connectivity index (χ2v) is 11.2. The molecule has 0 saturated carbocycles. The molecule has 2 atom stereocenters. The Balaban J connectivity index is 1.68. The van der Waals surface area contributed by atoms with Gasteiger partial charge in [-0.2, -0.15) is 5.26 Å². The van der Waals surface area contributed by atoms with E-state index in [0.29, 0.717) is 19.4 Å². The summed E-state index contributed by atoms with van der Waals surface area (Å²) < 4.78 is 33.0. The molecule has 2 aliphatic heterocycles. The van der Waals surface area contributed by atoms with Gasteiger partial charge in [-0.3, -0.25) is 9.69 Å². The standard InChI is InChI=1S/C27H37BF2N4O5/c1-25(2,33-14-12-27(29,30)18-33)16-21(17-31)23(35)34-13-8-7-11-26(34,3)19-39-24(36)32-22(28(37)38)15-20-9-5-4-6-10-20/h4-6,9-10,16,22,37-38H,7-8,11-15,18-19H2,1-3H3,(H,32,36)/b21-16+/t22-,26+/m0/s1. The van der Waals surface area contributed by atoms with Gasteiger partial charge in [0.1, 0.15) is 18.2 Å². The Morgan fingerprint density at radius 2 is 1.92 bits per heavy atom. The highest BCUT2D eigenvalue weighted by atomic mass is 19.3. The largest absolute Gasteiger partial charge is 0.475 e. The molecule has 0 spiro atoms. The van der Waals surface area contributed by atoms with Gasteiger partial charge >= 0.3 is 13.2 Å². The number of nitrogens with zero attached hydrogens (tertiary/aromatic N) is 3. The van der Waals surface area contributed by atoms with Crippen LogP contribution in [0.1, 0.15) is 52.0 Å². The van der Waals surface area contributed by atoms with Crippen molar-refractivity contribution in [2.24, 2.45) is 0 Å². The van der Waals surface area contributed by atoms with Crippen LogP contribution in [0, 0.1) is 11.3 Å². The summed E-state index contributed by atoms with van der Waals surface area (Å²) in [7, 11) is -1.82. The van der Waals surface area contributed by atoms with Crippen molar-refractivity contribution in [3.05, 3.63) is 47.5 Å². The number of alkyl carbamates (subject to hydrolysis) is 1. The number of hydrogen-bond acceptors (Lipinski definition) is 7. The summed E-state index contributed by atoms with van der Waals surface area (Å²) in [6.07, 6.45) is 2.46. The van der Waals surface area contributed by atoms with E-state index in [4.69, 9.17) is 4.74 Å². The second kappa shape index (κ2) is 12.4. The van der Waals surface area contributed by atoms with Gasteiger partial charge < -0.3 is 25.0 Å². The predicted octanol–water partition coefficient (Wildman–Crippen LogP) is 2.68. The van der Waals surface area contributed by atoms with Gasteiger partial charge in [0.15, 0.2) is 0 Å². The number of nitriles is 1. The molecular weight excluding hydrogens is 509 g/mol. The zero-order valence-electron chi connectivity index (χ0n) is 22.7. The lowest BCUT2D eigenvalue weighted by atomic mass is 9.76. The van der Waals surface area contributed by atoms with E-state index in [0.717, 1.165) is 12.0 Å². The van der Waals surface area contributed by atoms with E-state index in [1.807, 2.05) is 12.1 Å². The minimum absolute atomic E-state index is 0.154. The van der Waals surface area contributed by atoms with Gasteiger partial charge in [-0.15, -0.1) is 0 Å². The molecule has 2 aliphatic rings. The number of rotatable bonds is 9. The summed E-state index contributed by atoms with van der Waals surface area (Å²) in [5, 5.41) is 31.8. The Morgan fingerprint density at radius 1 is 1.23 bits per heavy atom. The summed E-state index contributed by atoms with van der Waals surface area (Å²) in [5.74, 6) is -4.36. The van der Waals surface area contributed by atoms with Crippen LogP contribution in [0.2, 0.25) is 0 Å². The Labute approximate surface area is 228 Å². The number of benzene rings is 1. The van der Waals surface area contributed by atoms with Crippen LogP contribution in [0.3, 0.4) is 0 Å². The maximum atomic E-state index is 13.8. The van der Waals surface area contributed by atoms with Gasteiger partial charge in [0.2, 0.25) is 0 Å². The Morgan fingerprint density at radius 3 is 2.51 bits per heavy atom. The zero-order chi connectivity index (χ0) is 28.8. The summed E-state index contributed by atoms with van der Waals surface area (Å²) in [6.45, 7) is 5.04. The highest BCUT2D eigenvalue weighted by Crippen LogP contribution is 2.34. The van der Waals surface area contributed by atoms with E-state index in [1.165, 1.54) is 11.0 Å². The lowest BCUT2D eigenvalue weighted by Gasteiger charge is -2.44. The summed E-state index contributed by atoms with van der Waals surface area (Å²) in [5.41, 5.74) is -1.22. The monoisotopic (exact) mass is 546 g/mol. The first-order valence-corrected chi connectivity index (χ1v) is 13.2. The van der Waals surface area contributed by atoms with Crippen molar-refractivity contribution >= 4 is 19.1 Å². The van der Waals surface area contributed by atoms with Crippen LogP contribution >= 0.6 is 0 Å². The number of carbonyl (C=O) groups is 2. The first-order chi connectivity index (χ1) is 18.3. The van der Waals surface area contributed by atoms with Crippen LogP contribution in [0.4, 0.5) is 13.6 Å². The molecule has 1 aromatic rings. The maximum Gasteiger partial charge on any atom is 0.475 e. The number of carbonyl (C=O) groups excluding carboxylic acids is 2. The summed E-state index contributed by atoms with van der Waals surface area (Å²) >= 11 is 0. The van der Waals surface area contributed by atoms with E-state index in [2.05, 4.69) is 5.32 Å². The van der Waals surface area contributed by atoms with Gasteiger partial charge in [0.05, 0.1) is 18.0 Å². The van der Waals surface area contributed by atoms with Crippen molar-refractivity contribution in [3.8, 4) is 6.07 Å². The summed E-state index contributed by atoms with van der Waals surface area (Å²) in [6, 6.07) is 11.0. The normalized spacial score (nSPS) is 22.6. The first kappa shape index (κ1) is 30.5. The van der Waals surface area contributed by atoms with E-state index >= 15 is 0 Å². The van der Waals surface area contributed by atoms with Crippen molar-refractivity contribution in [2.75, 3.05) is 26.2 Å². The number of ether oxygens (including phenoxy) is 1. The van der Waals surface area contributed by atoms with E-state index in [1.54, 1.807) is 49.9 Å². The topological polar surface area (TPSA) is 126 Å². The quantitative estimate of drug-likeness (QED) is 0.247. The molecule has 0 unspecified atom stereocenters. The third kappa shape index (κ3) is 8.00. The number of likely N-dealkylation sites (tertiary alicyclic amines) is 2. The molecule has 3 rings (SSSR count). The Bertz CT molecular complexity index is 1100. The highest BCUT2D eigenvalue weighted by molar-refractivity contribution is 6.43. The van der Waals surface area contributed by atoms with Crippen molar-refractivity contribution in [1.29, 1.82) is 5.26 Å². The van der Waals surface area contributed by atoms with Crippen LogP contribution in [0.25, 0.3) is 0 Å². The molecule has 2 heterocycles. The highest BCUT2D eigenvalue weighted by Gasteiger charge is 2.44. The number of halogens is 2. The molecule has 1 aromatic carbocycles. The lowest BCUT2D eigenvalue weighted by molar-refractivity contribution is -0.136. The predicted molar refractivity (Wildman–Crippen MR) is 141 cm³/mol. The van der Waals surface area contributed by atoms with Crippen LogP contribution in [-0.2, 0) is 16.0 Å². The Kier molecular flexibility index (Phi) is 9.75. The van der Waals surface area contributed by atoms with Crippen LogP contribution < -0.4 is 5.32 Å². The number of nitrogens with one attached hydrogen (secondary N) is 1. The molecule has 2 amide bonds. The van der Waals surface area contributed by atoms with Crippen molar-refractivity contribution in [3.63, 3.8) is 0 Å². The fourth-order valence-corrected chi connectivity index (χ4v) is 5.15. The molecule has 0 bridgehead atoms. The van der Waals surface area contributed by atoms with Crippen LogP contribution in [0.5, 0.6) is 0 Å². The average molecular weight is 546 g/mol. The molecule has 2 fully saturated rings. The van der Waals surface area contributed by atoms with Gasteiger partial charge in [0, 0.05) is 25.0 Å². The molecule has 9 nitrogen and oxygen atoms in total. The van der Waals surface area contributed by atoms with Gasteiger partial charge in [-0.25, -0.2) is 13.6 Å². The Hall–Kier alpha value is -3.01. The van der Waals surface area contributed by atoms with E-state index in [-0.39, 0.29) is 31.6 Å². The SMILES string of the molecule is CC(C)(/C=C(\C#N)C(=O)N1CCCC[C@]1(C)COC(=O)N[C@@H](Cc1ccccc1)B(O)O)N1CCC(F)(F)C1. The van der Waals surface area contributed by atoms with Gasteiger partial charge in [0.25, 0.3) is 11.8 Å². The first-order valence-electron chi connectivity index (χ1n) is 13.2. The third-order valence-electron chi connectivity index (χ3n) is 7.55. The van der Waals surface area contributed by atoms with Gasteiger partial charge in [-0.05, 0) is 58.1 Å². The molecule has 0 aliphatic carbocycles. The number of amides is 2. The third-order valence-corrected chi connectivity index (χ3v) is 7.55. The molecular formula is C27H37BF2N4O5. The number of alkyl halides is 2. The molecule has 212 valence electrons. The van der Waals surface area contributed by atoms with Crippen LogP contribution in [0.15, 0.2) is 42.0 Å². The van der Waals surface area contributed by atoms with E-state index < -0.39 is 48.6 Å². The molecule has 39 heavy (non-hydrogen) atoms. The van der Waals surface area contributed by atoms with Crippen molar-refractivity contribution in [2.45, 2.75) is 75.8 Å². The number of piperidine rings is 1. The molecule has 2 saturated heterocycles. The second-order valence-electron chi connectivity index (χ2n) is 11.2. The average Bonchev–Trinajstić information content (AvgIpc) is 3.26. The van der Waals surface area contributed by atoms with Crippen LogP contribution in [-0.4, -0.2) is 88.1 Å². The van der Waals surface area contributed by atoms with Crippen molar-refractivity contribution < 1.29 is 33.2 Å². The molecule has 0 radical (unpaired) electrons. The minimum Gasteiger partial charge on any atom is -0.447 e. The molecule has 12 heteroatoms. The minimum atomic E-state index is -2.81. The van der Waals surface area contributed by atoms with Gasteiger partial charge in [-0.1, -0.05) is 30.3 Å². The fourth-order valence-electron chi connectivity index (χ4n) is 5.15. The fraction of sp³-hybridized carbons (Fsp3) is 0.593. The lowest BCUT2D eigenvalue weighted by Crippen LogP contribution is -2.57. The smallest absolute Gasteiger partial charge is 0.447 e. The van der Waals surface area contributed by atoms with Crippen molar-refractivity contribution in [1.82, 2.24) is 15.1 Å².